The molecule has 1 aromatic rings. The number of nitrogens with one attached hydrogen (secondary N) is 1. The minimum atomic E-state index is -0.155. The van der Waals surface area contributed by atoms with Crippen LogP contribution in [-0.4, -0.2) is 23.6 Å². The zero-order valence-electron chi connectivity index (χ0n) is 11.0. The topological polar surface area (TPSA) is 12.0 Å². The van der Waals surface area contributed by atoms with Crippen LogP contribution in [0, 0.1) is 5.82 Å². The Bertz CT molecular complexity index is 346. The molecule has 0 bridgehead atoms. The maximum absolute atomic E-state index is 12.8. The SMILES string of the molecule is CC(Cc1ccc(F)cc1)NCC1CCCCS1. The number of hydrogen-bond donors (Lipinski definition) is 1. The van der Waals surface area contributed by atoms with Crippen molar-refractivity contribution in [3.05, 3.63) is 35.6 Å². The molecule has 0 amide bonds. The second kappa shape index (κ2) is 7.15. The maximum atomic E-state index is 12.8. The van der Waals surface area contributed by atoms with E-state index in [1.165, 1.54) is 30.6 Å². The van der Waals surface area contributed by atoms with Gasteiger partial charge in [-0.3, -0.25) is 0 Å². The molecule has 2 unspecified atom stereocenters. The van der Waals surface area contributed by atoms with Gasteiger partial charge in [0.25, 0.3) is 0 Å². The first-order valence-electron chi connectivity index (χ1n) is 6.83. The first-order chi connectivity index (χ1) is 8.74. The van der Waals surface area contributed by atoms with Gasteiger partial charge in [-0.2, -0.15) is 11.8 Å². The van der Waals surface area contributed by atoms with Crippen molar-refractivity contribution in [2.24, 2.45) is 0 Å². The molecule has 1 fully saturated rings. The van der Waals surface area contributed by atoms with Crippen molar-refractivity contribution in [2.75, 3.05) is 12.3 Å². The third kappa shape index (κ3) is 4.62. The molecule has 2 rings (SSSR count). The van der Waals surface area contributed by atoms with Gasteiger partial charge in [-0.05, 0) is 49.6 Å². The summed E-state index contributed by atoms with van der Waals surface area (Å²) in [5, 5.41) is 4.39. The summed E-state index contributed by atoms with van der Waals surface area (Å²) in [7, 11) is 0. The molecule has 100 valence electrons. The Balaban J connectivity index is 1.71. The van der Waals surface area contributed by atoms with Crippen LogP contribution in [0.4, 0.5) is 4.39 Å². The maximum Gasteiger partial charge on any atom is 0.123 e. The van der Waals surface area contributed by atoms with Crippen molar-refractivity contribution in [2.45, 2.75) is 43.9 Å². The molecular weight excluding hydrogens is 245 g/mol. The predicted molar refractivity (Wildman–Crippen MR) is 77.7 cm³/mol. The van der Waals surface area contributed by atoms with Gasteiger partial charge in [0.05, 0.1) is 0 Å². The Hall–Kier alpha value is -0.540. The molecule has 1 aliphatic heterocycles. The van der Waals surface area contributed by atoms with Crippen LogP contribution in [0.15, 0.2) is 24.3 Å². The van der Waals surface area contributed by atoms with E-state index in [0.29, 0.717) is 6.04 Å². The molecule has 2 atom stereocenters. The predicted octanol–water partition coefficient (Wildman–Crippen LogP) is 3.63. The average Bonchev–Trinajstić information content (AvgIpc) is 2.40. The van der Waals surface area contributed by atoms with Crippen LogP contribution < -0.4 is 5.32 Å². The Kier molecular flexibility index (Phi) is 5.51. The lowest BCUT2D eigenvalue weighted by Crippen LogP contribution is -2.34. The van der Waals surface area contributed by atoms with Gasteiger partial charge in [0, 0.05) is 17.8 Å². The summed E-state index contributed by atoms with van der Waals surface area (Å²) < 4.78 is 12.8. The van der Waals surface area contributed by atoms with Crippen LogP contribution in [0.5, 0.6) is 0 Å². The molecule has 0 spiro atoms. The van der Waals surface area contributed by atoms with Crippen molar-refractivity contribution in [3.63, 3.8) is 0 Å². The smallest absolute Gasteiger partial charge is 0.123 e. The molecule has 0 aromatic heterocycles. The highest BCUT2D eigenvalue weighted by Crippen LogP contribution is 2.24. The highest BCUT2D eigenvalue weighted by atomic mass is 32.2. The van der Waals surface area contributed by atoms with E-state index in [1.54, 1.807) is 12.1 Å². The van der Waals surface area contributed by atoms with Gasteiger partial charge in [0.2, 0.25) is 0 Å². The van der Waals surface area contributed by atoms with E-state index in [-0.39, 0.29) is 5.82 Å². The molecule has 3 heteroatoms. The van der Waals surface area contributed by atoms with Crippen molar-refractivity contribution >= 4 is 11.8 Å². The van der Waals surface area contributed by atoms with Crippen molar-refractivity contribution < 1.29 is 4.39 Å². The minimum Gasteiger partial charge on any atom is -0.313 e. The van der Waals surface area contributed by atoms with Gasteiger partial charge in [-0.25, -0.2) is 4.39 Å². The van der Waals surface area contributed by atoms with Gasteiger partial charge >= 0.3 is 0 Å². The summed E-state index contributed by atoms with van der Waals surface area (Å²) in [4.78, 5) is 0. The largest absolute Gasteiger partial charge is 0.313 e. The van der Waals surface area contributed by atoms with Gasteiger partial charge in [-0.1, -0.05) is 18.6 Å². The fourth-order valence-corrected chi connectivity index (χ4v) is 3.60. The van der Waals surface area contributed by atoms with Gasteiger partial charge in [-0.15, -0.1) is 0 Å². The van der Waals surface area contributed by atoms with E-state index < -0.39 is 0 Å². The Morgan fingerprint density at radius 2 is 2.11 bits per heavy atom. The second-order valence-corrected chi connectivity index (χ2v) is 6.54. The molecule has 1 aromatic carbocycles. The summed E-state index contributed by atoms with van der Waals surface area (Å²) >= 11 is 2.10. The lowest BCUT2D eigenvalue weighted by molar-refractivity contribution is 0.519. The highest BCUT2D eigenvalue weighted by Gasteiger charge is 2.14. The van der Waals surface area contributed by atoms with Crippen LogP contribution in [0.3, 0.4) is 0 Å². The summed E-state index contributed by atoms with van der Waals surface area (Å²) in [5.74, 6) is 1.16. The summed E-state index contributed by atoms with van der Waals surface area (Å²) in [5.41, 5.74) is 1.20. The molecule has 1 N–H and O–H groups in total. The van der Waals surface area contributed by atoms with Crippen LogP contribution >= 0.6 is 11.8 Å². The second-order valence-electron chi connectivity index (χ2n) is 5.13. The molecule has 1 nitrogen and oxygen atoms in total. The fourth-order valence-electron chi connectivity index (χ4n) is 2.35. The quantitative estimate of drug-likeness (QED) is 0.874. The highest BCUT2D eigenvalue weighted by molar-refractivity contribution is 7.99. The Morgan fingerprint density at radius 3 is 2.78 bits per heavy atom. The van der Waals surface area contributed by atoms with Gasteiger partial charge in [0.15, 0.2) is 0 Å². The molecule has 1 aliphatic rings. The van der Waals surface area contributed by atoms with E-state index in [1.807, 2.05) is 12.1 Å². The standard InChI is InChI=1S/C15H22FNS/c1-12(10-13-5-7-14(16)8-6-13)17-11-15-4-2-3-9-18-15/h5-8,12,15,17H,2-4,9-11H2,1H3. The van der Waals surface area contributed by atoms with Gasteiger partial charge < -0.3 is 5.32 Å². The first kappa shape index (κ1) is 13.9. The lowest BCUT2D eigenvalue weighted by Gasteiger charge is -2.23. The van der Waals surface area contributed by atoms with Crippen LogP contribution in [0.25, 0.3) is 0 Å². The van der Waals surface area contributed by atoms with Crippen LogP contribution in [0.2, 0.25) is 0 Å². The van der Waals surface area contributed by atoms with E-state index in [4.69, 9.17) is 0 Å². The van der Waals surface area contributed by atoms with E-state index in [2.05, 4.69) is 24.0 Å². The molecule has 18 heavy (non-hydrogen) atoms. The first-order valence-corrected chi connectivity index (χ1v) is 7.88. The zero-order chi connectivity index (χ0) is 12.8. The normalized spacial score (nSPS) is 21.8. The summed E-state index contributed by atoms with van der Waals surface area (Å²) in [6.45, 7) is 3.31. The Labute approximate surface area is 114 Å². The molecule has 0 saturated carbocycles. The fraction of sp³-hybridized carbons (Fsp3) is 0.600. The van der Waals surface area contributed by atoms with E-state index in [0.717, 1.165) is 18.2 Å². The number of thioether (sulfide) groups is 1. The number of hydrogen-bond acceptors (Lipinski definition) is 2. The molecule has 0 radical (unpaired) electrons. The molecule has 1 saturated heterocycles. The lowest BCUT2D eigenvalue weighted by atomic mass is 10.1. The molecule has 1 heterocycles. The summed E-state index contributed by atoms with van der Waals surface area (Å²) in [6.07, 6.45) is 5.08. The van der Waals surface area contributed by atoms with Gasteiger partial charge in [0.1, 0.15) is 5.82 Å². The number of rotatable bonds is 5. The van der Waals surface area contributed by atoms with E-state index in [9.17, 15) is 4.39 Å². The average molecular weight is 267 g/mol. The molecular formula is C15H22FNS. The monoisotopic (exact) mass is 267 g/mol. The number of benzene rings is 1. The van der Waals surface area contributed by atoms with Crippen molar-refractivity contribution in [1.29, 1.82) is 0 Å². The summed E-state index contributed by atoms with van der Waals surface area (Å²) in [6, 6.07) is 7.29. The van der Waals surface area contributed by atoms with E-state index >= 15 is 0 Å². The van der Waals surface area contributed by atoms with Crippen LogP contribution in [-0.2, 0) is 6.42 Å². The zero-order valence-corrected chi connectivity index (χ0v) is 11.8. The van der Waals surface area contributed by atoms with Crippen LogP contribution in [0.1, 0.15) is 31.7 Å². The third-order valence-electron chi connectivity index (χ3n) is 3.42. The Morgan fingerprint density at radius 1 is 1.33 bits per heavy atom. The number of halogens is 1. The van der Waals surface area contributed by atoms with Crippen molar-refractivity contribution in [1.82, 2.24) is 5.32 Å². The van der Waals surface area contributed by atoms with Crippen molar-refractivity contribution in [3.8, 4) is 0 Å². The molecule has 0 aliphatic carbocycles. The minimum absolute atomic E-state index is 0.155. The third-order valence-corrected chi connectivity index (χ3v) is 4.82.